The average Bonchev–Trinajstić information content (AvgIpc) is 2.43. The Morgan fingerprint density at radius 2 is 1.77 bits per heavy atom. The molecule has 0 unspecified atom stereocenters. The van der Waals surface area contributed by atoms with Crippen LogP contribution in [-0.4, -0.2) is 19.5 Å². The molecule has 0 amide bonds. The molecule has 0 aliphatic carbocycles. The van der Waals surface area contributed by atoms with E-state index in [1.165, 1.54) is 12.1 Å². The van der Waals surface area contributed by atoms with E-state index in [0.717, 1.165) is 12.1 Å². The maximum atomic E-state index is 13.1. The van der Waals surface area contributed by atoms with Crippen molar-refractivity contribution in [2.45, 2.75) is 4.90 Å². The van der Waals surface area contributed by atoms with Gasteiger partial charge in [-0.3, -0.25) is 4.72 Å². The summed E-state index contributed by atoms with van der Waals surface area (Å²) < 4.78 is 52.1. The van der Waals surface area contributed by atoms with Crippen LogP contribution in [0.4, 0.5) is 14.5 Å². The molecule has 22 heavy (non-hydrogen) atoms. The maximum absolute atomic E-state index is 13.1. The minimum absolute atomic E-state index is 0.0664. The molecule has 0 fully saturated rings. The van der Waals surface area contributed by atoms with Crippen molar-refractivity contribution in [2.24, 2.45) is 0 Å². The molecule has 0 bridgehead atoms. The highest BCUT2D eigenvalue weighted by Crippen LogP contribution is 2.23. The molecule has 2 rings (SSSR count). The van der Waals surface area contributed by atoms with Crippen LogP contribution in [0.15, 0.2) is 41.3 Å². The Labute approximate surface area is 129 Å². The van der Waals surface area contributed by atoms with Crippen molar-refractivity contribution in [1.82, 2.24) is 0 Å². The number of anilines is 1. The first-order chi connectivity index (χ1) is 10.2. The highest BCUT2D eigenvalue weighted by molar-refractivity contribution is 7.92. The molecule has 0 heterocycles. The van der Waals surface area contributed by atoms with Crippen molar-refractivity contribution in [3.63, 3.8) is 0 Å². The molecule has 116 valence electrons. The first kappa shape index (κ1) is 16.2. The number of carboxylic acids is 1. The first-order valence-electron chi connectivity index (χ1n) is 5.71. The van der Waals surface area contributed by atoms with E-state index >= 15 is 0 Å². The molecular formula is C13H8ClF2NO4S. The minimum Gasteiger partial charge on any atom is -0.478 e. The van der Waals surface area contributed by atoms with Crippen LogP contribution in [0, 0.1) is 11.6 Å². The molecule has 0 atom stereocenters. The third-order valence-corrected chi connectivity index (χ3v) is 4.36. The van der Waals surface area contributed by atoms with Gasteiger partial charge in [-0.1, -0.05) is 11.6 Å². The molecule has 2 N–H and O–H groups in total. The SMILES string of the molecule is O=C(O)c1cc(NS(=O)(=O)c2ccc(F)c(F)c2)ccc1Cl. The van der Waals surface area contributed by atoms with E-state index in [2.05, 4.69) is 4.72 Å². The van der Waals surface area contributed by atoms with Crippen LogP contribution in [0.25, 0.3) is 0 Å². The number of benzene rings is 2. The minimum atomic E-state index is -4.20. The molecule has 0 aliphatic rings. The number of hydrogen-bond donors (Lipinski definition) is 2. The second-order valence-electron chi connectivity index (χ2n) is 4.18. The number of carboxylic acid groups (broad SMARTS) is 1. The van der Waals surface area contributed by atoms with E-state index < -0.39 is 32.5 Å². The van der Waals surface area contributed by atoms with Gasteiger partial charge >= 0.3 is 5.97 Å². The largest absolute Gasteiger partial charge is 0.478 e. The lowest BCUT2D eigenvalue weighted by Gasteiger charge is -2.09. The Balaban J connectivity index is 2.38. The molecule has 2 aromatic rings. The molecular weight excluding hydrogens is 340 g/mol. The third kappa shape index (κ3) is 3.34. The van der Waals surface area contributed by atoms with Gasteiger partial charge < -0.3 is 5.11 Å². The van der Waals surface area contributed by atoms with Crippen LogP contribution in [-0.2, 0) is 10.0 Å². The quantitative estimate of drug-likeness (QED) is 0.890. The zero-order chi connectivity index (χ0) is 16.5. The van der Waals surface area contributed by atoms with Gasteiger partial charge in [0.1, 0.15) is 0 Å². The van der Waals surface area contributed by atoms with Gasteiger partial charge in [-0.25, -0.2) is 22.0 Å². The van der Waals surface area contributed by atoms with E-state index in [-0.39, 0.29) is 16.3 Å². The lowest BCUT2D eigenvalue weighted by molar-refractivity contribution is 0.0697. The summed E-state index contributed by atoms with van der Waals surface area (Å²) in [5.74, 6) is -3.83. The Kier molecular flexibility index (Phi) is 4.34. The van der Waals surface area contributed by atoms with Gasteiger partial charge in [0.2, 0.25) is 0 Å². The highest BCUT2D eigenvalue weighted by atomic mass is 35.5. The van der Waals surface area contributed by atoms with Gasteiger partial charge in [0.25, 0.3) is 10.0 Å². The van der Waals surface area contributed by atoms with E-state index in [1.54, 1.807) is 0 Å². The fourth-order valence-electron chi connectivity index (χ4n) is 1.61. The number of nitrogens with one attached hydrogen (secondary N) is 1. The summed E-state index contributed by atoms with van der Waals surface area (Å²) in [5, 5.41) is 8.85. The van der Waals surface area contributed by atoms with Crippen LogP contribution < -0.4 is 4.72 Å². The summed E-state index contributed by atoms with van der Waals surface area (Å²) in [4.78, 5) is 10.4. The van der Waals surface area contributed by atoms with Crippen LogP contribution in [0.5, 0.6) is 0 Å². The monoisotopic (exact) mass is 347 g/mol. The summed E-state index contributed by atoms with van der Waals surface area (Å²) in [6, 6.07) is 5.54. The standard InChI is InChI=1S/C13H8ClF2NO4S/c14-10-3-1-7(5-9(10)13(18)19)17-22(20,21)8-2-4-11(15)12(16)6-8/h1-6,17H,(H,18,19). The van der Waals surface area contributed by atoms with Crippen molar-refractivity contribution in [3.8, 4) is 0 Å². The lowest BCUT2D eigenvalue weighted by atomic mass is 10.2. The van der Waals surface area contributed by atoms with E-state index in [1.807, 2.05) is 0 Å². The van der Waals surface area contributed by atoms with Crippen molar-refractivity contribution in [2.75, 3.05) is 4.72 Å². The first-order valence-corrected chi connectivity index (χ1v) is 7.57. The van der Waals surface area contributed by atoms with Gasteiger partial charge in [-0.05, 0) is 36.4 Å². The van der Waals surface area contributed by atoms with Crippen LogP contribution in [0.3, 0.4) is 0 Å². The number of hydrogen-bond acceptors (Lipinski definition) is 3. The Bertz CT molecular complexity index is 855. The summed E-state index contributed by atoms with van der Waals surface area (Å²) >= 11 is 5.67. The highest BCUT2D eigenvalue weighted by Gasteiger charge is 2.18. The molecule has 9 heteroatoms. The lowest BCUT2D eigenvalue weighted by Crippen LogP contribution is -2.14. The number of carbonyl (C=O) groups is 1. The second kappa shape index (κ2) is 5.90. The predicted octanol–water partition coefficient (Wildman–Crippen LogP) is 3.12. The van der Waals surface area contributed by atoms with Crippen LogP contribution in [0.2, 0.25) is 5.02 Å². The number of rotatable bonds is 4. The molecule has 0 radical (unpaired) electrons. The summed E-state index contributed by atoms with van der Waals surface area (Å²) in [5.41, 5.74) is -0.376. The van der Waals surface area contributed by atoms with Gasteiger partial charge in [0.15, 0.2) is 11.6 Å². The average molecular weight is 348 g/mol. The van der Waals surface area contributed by atoms with Gasteiger partial charge in [-0.15, -0.1) is 0 Å². The second-order valence-corrected chi connectivity index (χ2v) is 6.27. The maximum Gasteiger partial charge on any atom is 0.337 e. The van der Waals surface area contributed by atoms with E-state index in [0.29, 0.717) is 12.1 Å². The zero-order valence-corrected chi connectivity index (χ0v) is 12.3. The van der Waals surface area contributed by atoms with Crippen LogP contribution in [0.1, 0.15) is 10.4 Å². The van der Waals surface area contributed by atoms with Crippen LogP contribution >= 0.6 is 11.6 Å². The Hall–Kier alpha value is -2.19. The summed E-state index contributed by atoms with van der Waals surface area (Å²) in [6.45, 7) is 0. The van der Waals surface area contributed by atoms with Crippen molar-refractivity contribution >= 4 is 33.3 Å². The molecule has 0 spiro atoms. The normalized spacial score (nSPS) is 11.2. The Morgan fingerprint density at radius 1 is 1.09 bits per heavy atom. The fraction of sp³-hybridized carbons (Fsp3) is 0. The number of aromatic carboxylic acids is 1. The van der Waals surface area contributed by atoms with Gasteiger partial charge in [0.05, 0.1) is 15.5 Å². The smallest absolute Gasteiger partial charge is 0.337 e. The number of sulfonamides is 1. The van der Waals surface area contributed by atoms with E-state index in [9.17, 15) is 22.0 Å². The Morgan fingerprint density at radius 3 is 2.36 bits per heavy atom. The van der Waals surface area contributed by atoms with Gasteiger partial charge in [0, 0.05) is 5.69 Å². The fourth-order valence-corrected chi connectivity index (χ4v) is 2.87. The molecule has 0 aromatic heterocycles. The predicted molar refractivity (Wildman–Crippen MR) is 75.6 cm³/mol. The van der Waals surface area contributed by atoms with Crippen molar-refractivity contribution < 1.29 is 27.1 Å². The number of halogens is 3. The van der Waals surface area contributed by atoms with E-state index in [4.69, 9.17) is 16.7 Å². The molecule has 0 saturated carbocycles. The van der Waals surface area contributed by atoms with Gasteiger partial charge in [-0.2, -0.15) is 0 Å². The molecule has 5 nitrogen and oxygen atoms in total. The van der Waals surface area contributed by atoms with Crippen molar-refractivity contribution in [3.05, 3.63) is 58.6 Å². The zero-order valence-electron chi connectivity index (χ0n) is 10.7. The molecule has 2 aromatic carbocycles. The molecule has 0 aliphatic heterocycles. The summed E-state index contributed by atoms with van der Waals surface area (Å²) in [7, 11) is -4.20. The summed E-state index contributed by atoms with van der Waals surface area (Å²) in [6.07, 6.45) is 0. The molecule has 0 saturated heterocycles. The van der Waals surface area contributed by atoms with Crippen molar-refractivity contribution in [1.29, 1.82) is 0 Å². The third-order valence-electron chi connectivity index (χ3n) is 2.65. The topological polar surface area (TPSA) is 83.5 Å².